The minimum Gasteiger partial charge on any atom is -0.478 e. The van der Waals surface area contributed by atoms with Crippen LogP contribution < -0.4 is 0 Å². The third kappa shape index (κ3) is 3.07. The zero-order valence-corrected chi connectivity index (χ0v) is 9.66. The second-order valence-corrected chi connectivity index (χ2v) is 4.87. The predicted molar refractivity (Wildman–Crippen MR) is 50.3 cm³/mol. The highest BCUT2D eigenvalue weighted by atomic mass is 32.2. The molecule has 0 spiro atoms. The van der Waals surface area contributed by atoms with E-state index >= 15 is 0 Å². The van der Waals surface area contributed by atoms with Crippen LogP contribution in [0.25, 0.3) is 0 Å². The highest BCUT2D eigenvalue weighted by molar-refractivity contribution is 7.87. The summed E-state index contributed by atoms with van der Waals surface area (Å²) in [6, 6.07) is 0. The van der Waals surface area contributed by atoms with Crippen molar-refractivity contribution in [2.24, 2.45) is 0 Å². The maximum absolute atomic E-state index is 12.1. The first-order chi connectivity index (χ1) is 8.45. The van der Waals surface area contributed by atoms with Crippen LogP contribution in [0.5, 0.6) is 0 Å². The zero-order chi connectivity index (χ0) is 15.0. The first-order valence-electron chi connectivity index (χ1n) is 4.39. The minimum atomic E-state index is -6.04. The fourth-order valence-corrected chi connectivity index (χ4v) is 1.69. The lowest BCUT2D eigenvalue weighted by molar-refractivity contribution is -0.132. The van der Waals surface area contributed by atoms with E-state index in [1.807, 2.05) is 0 Å². The van der Waals surface area contributed by atoms with Crippen molar-refractivity contribution in [1.82, 2.24) is 4.90 Å². The molecule has 0 saturated heterocycles. The number of carbonyl (C=O) groups is 2. The van der Waals surface area contributed by atoms with Crippen LogP contribution in [0, 0.1) is 0 Å². The Morgan fingerprint density at radius 3 is 2.11 bits per heavy atom. The molecule has 1 rings (SSSR count). The van der Waals surface area contributed by atoms with Crippen LogP contribution in [-0.2, 0) is 19.1 Å². The van der Waals surface area contributed by atoms with Crippen molar-refractivity contribution in [2.75, 3.05) is 13.1 Å². The SMILES string of the molecule is O=C(O)C1=C(OS(=O)(=O)C(F)(F)F)CN(C(=O)O)C1. The van der Waals surface area contributed by atoms with Crippen molar-refractivity contribution in [3.8, 4) is 0 Å². The Morgan fingerprint density at radius 1 is 1.21 bits per heavy atom. The van der Waals surface area contributed by atoms with Gasteiger partial charge in [0.15, 0.2) is 5.76 Å². The summed E-state index contributed by atoms with van der Waals surface area (Å²) in [5.74, 6) is -2.84. The van der Waals surface area contributed by atoms with Gasteiger partial charge in [-0.15, -0.1) is 0 Å². The quantitative estimate of drug-likeness (QED) is 0.563. The molecule has 0 saturated carbocycles. The topological polar surface area (TPSA) is 121 Å². The van der Waals surface area contributed by atoms with E-state index in [0.717, 1.165) is 0 Å². The molecule has 108 valence electrons. The lowest BCUT2D eigenvalue weighted by Gasteiger charge is -2.12. The Kier molecular flexibility index (Phi) is 3.65. The maximum Gasteiger partial charge on any atom is 0.534 e. The highest BCUT2D eigenvalue weighted by Gasteiger charge is 2.50. The van der Waals surface area contributed by atoms with E-state index in [-0.39, 0.29) is 0 Å². The highest BCUT2D eigenvalue weighted by Crippen LogP contribution is 2.29. The molecule has 0 aliphatic carbocycles. The first-order valence-corrected chi connectivity index (χ1v) is 5.80. The fourth-order valence-electron chi connectivity index (χ4n) is 1.18. The molecule has 0 bridgehead atoms. The van der Waals surface area contributed by atoms with Crippen molar-refractivity contribution in [3.63, 3.8) is 0 Å². The summed E-state index contributed by atoms with van der Waals surface area (Å²) in [6.45, 7) is -1.67. The lowest BCUT2D eigenvalue weighted by atomic mass is 10.3. The van der Waals surface area contributed by atoms with E-state index < -0.39 is 52.1 Å². The van der Waals surface area contributed by atoms with Gasteiger partial charge in [0.25, 0.3) is 0 Å². The number of halogens is 3. The Hall–Kier alpha value is -1.98. The Morgan fingerprint density at radius 2 is 1.74 bits per heavy atom. The minimum absolute atomic E-state index is 0.394. The second kappa shape index (κ2) is 4.60. The van der Waals surface area contributed by atoms with E-state index in [0.29, 0.717) is 4.90 Å². The van der Waals surface area contributed by atoms with Gasteiger partial charge < -0.3 is 14.4 Å². The Bertz CT molecular complexity index is 550. The molecular formula is C7H6F3NO7S. The molecule has 0 aromatic carbocycles. The molecule has 0 atom stereocenters. The third-order valence-corrected chi connectivity index (χ3v) is 3.03. The van der Waals surface area contributed by atoms with Gasteiger partial charge in [0.05, 0.1) is 18.7 Å². The van der Waals surface area contributed by atoms with Gasteiger partial charge in [0, 0.05) is 0 Å². The van der Waals surface area contributed by atoms with E-state index in [1.54, 1.807) is 0 Å². The molecule has 1 aliphatic rings. The van der Waals surface area contributed by atoms with Crippen LogP contribution >= 0.6 is 0 Å². The van der Waals surface area contributed by atoms with Gasteiger partial charge >= 0.3 is 27.7 Å². The van der Waals surface area contributed by atoms with Crippen LogP contribution in [0.15, 0.2) is 11.3 Å². The normalized spacial score (nSPS) is 16.7. The van der Waals surface area contributed by atoms with Crippen LogP contribution in [-0.4, -0.2) is 54.2 Å². The molecule has 0 aromatic heterocycles. The number of amides is 1. The Labute approximate surface area is 103 Å². The number of carboxylic acid groups (broad SMARTS) is 2. The molecule has 1 heterocycles. The van der Waals surface area contributed by atoms with Crippen LogP contribution in [0.3, 0.4) is 0 Å². The van der Waals surface area contributed by atoms with Gasteiger partial charge in [0.1, 0.15) is 0 Å². The molecule has 2 N–H and O–H groups in total. The van der Waals surface area contributed by atoms with Crippen molar-refractivity contribution in [2.45, 2.75) is 5.51 Å². The van der Waals surface area contributed by atoms with E-state index in [2.05, 4.69) is 4.18 Å². The van der Waals surface area contributed by atoms with Crippen molar-refractivity contribution >= 4 is 22.2 Å². The average Bonchev–Trinajstić information content (AvgIpc) is 2.59. The van der Waals surface area contributed by atoms with Gasteiger partial charge in [-0.1, -0.05) is 0 Å². The first kappa shape index (κ1) is 15.1. The summed E-state index contributed by atoms with van der Waals surface area (Å²) in [5.41, 5.74) is -6.60. The number of aliphatic carboxylic acids is 1. The summed E-state index contributed by atoms with van der Waals surface area (Å²) in [7, 11) is -6.04. The summed E-state index contributed by atoms with van der Waals surface area (Å²) in [4.78, 5) is 21.6. The molecule has 1 amide bonds. The fraction of sp³-hybridized carbons (Fsp3) is 0.429. The average molecular weight is 305 g/mol. The van der Waals surface area contributed by atoms with Crippen LogP contribution in [0.4, 0.5) is 18.0 Å². The molecule has 0 fully saturated rings. The molecule has 12 heteroatoms. The van der Waals surface area contributed by atoms with Gasteiger partial charge in [-0.3, -0.25) is 4.90 Å². The van der Waals surface area contributed by atoms with E-state index in [1.165, 1.54) is 0 Å². The molecule has 0 aromatic rings. The molecule has 1 aliphatic heterocycles. The van der Waals surface area contributed by atoms with E-state index in [4.69, 9.17) is 10.2 Å². The van der Waals surface area contributed by atoms with Crippen molar-refractivity contribution in [3.05, 3.63) is 11.3 Å². The van der Waals surface area contributed by atoms with Crippen LogP contribution in [0.2, 0.25) is 0 Å². The predicted octanol–water partition coefficient (Wildman–Crippen LogP) is 0.185. The van der Waals surface area contributed by atoms with Crippen LogP contribution in [0.1, 0.15) is 0 Å². The molecule has 8 nitrogen and oxygen atoms in total. The number of hydrogen-bond acceptors (Lipinski definition) is 5. The number of nitrogens with zero attached hydrogens (tertiary/aromatic N) is 1. The summed E-state index contributed by atoms with van der Waals surface area (Å²) < 4.78 is 61.3. The van der Waals surface area contributed by atoms with Crippen molar-refractivity contribution < 1.29 is 45.6 Å². The molecule has 19 heavy (non-hydrogen) atoms. The van der Waals surface area contributed by atoms with Gasteiger partial charge in [-0.25, -0.2) is 9.59 Å². The summed E-state index contributed by atoms with van der Waals surface area (Å²) in [6.07, 6.45) is -1.62. The van der Waals surface area contributed by atoms with Gasteiger partial charge in [-0.05, 0) is 0 Å². The summed E-state index contributed by atoms with van der Waals surface area (Å²) >= 11 is 0. The largest absolute Gasteiger partial charge is 0.534 e. The summed E-state index contributed by atoms with van der Waals surface area (Å²) in [5, 5.41) is 17.2. The van der Waals surface area contributed by atoms with Gasteiger partial charge in [-0.2, -0.15) is 21.6 Å². The monoisotopic (exact) mass is 305 g/mol. The van der Waals surface area contributed by atoms with Gasteiger partial charge in [0.2, 0.25) is 0 Å². The Balaban J connectivity index is 3.07. The molecular weight excluding hydrogens is 299 g/mol. The molecule has 0 radical (unpaired) electrons. The number of hydrogen-bond donors (Lipinski definition) is 2. The number of carboxylic acids is 1. The number of alkyl halides is 3. The lowest BCUT2D eigenvalue weighted by Crippen LogP contribution is -2.29. The maximum atomic E-state index is 12.1. The standard InChI is InChI=1S/C7H6F3NO7S/c8-7(9,10)19(16,17)18-4-2-11(6(14)15)1-3(4)5(12)13/h1-2H2,(H,12,13)(H,14,15). The molecule has 0 unspecified atom stereocenters. The second-order valence-electron chi connectivity index (χ2n) is 3.33. The third-order valence-electron chi connectivity index (χ3n) is 2.04. The zero-order valence-electron chi connectivity index (χ0n) is 8.84. The van der Waals surface area contributed by atoms with E-state index in [9.17, 15) is 31.2 Å². The van der Waals surface area contributed by atoms with Crippen molar-refractivity contribution in [1.29, 1.82) is 0 Å². The number of rotatable bonds is 3. The smallest absolute Gasteiger partial charge is 0.478 e.